The summed E-state index contributed by atoms with van der Waals surface area (Å²) in [6.45, 7) is 9.72. The Morgan fingerprint density at radius 1 is 1.13 bits per heavy atom. The first-order valence-electron chi connectivity index (χ1n) is 9.96. The lowest BCUT2D eigenvalue weighted by atomic mass is 9.97. The molecule has 0 aliphatic carbocycles. The molecule has 0 bridgehead atoms. The SMILES string of the molecule is C=C/C=C(/CCC(O)c1cccc(/C=C/c2ccc3ccc(Cl)cc3n2)c1)C(=C)C. The lowest BCUT2D eigenvalue weighted by molar-refractivity contribution is 0.168. The summed E-state index contributed by atoms with van der Waals surface area (Å²) in [5.41, 5.74) is 5.76. The summed E-state index contributed by atoms with van der Waals surface area (Å²) in [6.07, 6.45) is 8.55. The van der Waals surface area contributed by atoms with Crippen LogP contribution in [0.4, 0.5) is 0 Å². The minimum atomic E-state index is -0.535. The van der Waals surface area contributed by atoms with Crippen molar-refractivity contribution in [1.29, 1.82) is 0 Å². The zero-order chi connectivity index (χ0) is 21.5. The summed E-state index contributed by atoms with van der Waals surface area (Å²) in [5, 5.41) is 12.4. The number of halogens is 1. The van der Waals surface area contributed by atoms with Gasteiger partial charge in [0, 0.05) is 10.4 Å². The first-order chi connectivity index (χ1) is 14.5. The van der Waals surface area contributed by atoms with Gasteiger partial charge in [-0.3, -0.25) is 0 Å². The highest BCUT2D eigenvalue weighted by molar-refractivity contribution is 6.31. The van der Waals surface area contributed by atoms with Gasteiger partial charge < -0.3 is 5.11 Å². The van der Waals surface area contributed by atoms with E-state index in [1.165, 1.54) is 0 Å². The summed E-state index contributed by atoms with van der Waals surface area (Å²) in [7, 11) is 0. The van der Waals surface area contributed by atoms with Crippen LogP contribution >= 0.6 is 11.6 Å². The quantitative estimate of drug-likeness (QED) is 0.385. The van der Waals surface area contributed by atoms with Crippen LogP contribution in [0.25, 0.3) is 23.1 Å². The Labute approximate surface area is 183 Å². The van der Waals surface area contributed by atoms with Crippen molar-refractivity contribution in [3.05, 3.63) is 113 Å². The van der Waals surface area contributed by atoms with E-state index in [2.05, 4.69) is 18.1 Å². The Balaban J connectivity index is 1.72. The van der Waals surface area contributed by atoms with Gasteiger partial charge in [0.25, 0.3) is 0 Å². The fourth-order valence-electron chi connectivity index (χ4n) is 3.29. The van der Waals surface area contributed by atoms with Gasteiger partial charge in [-0.15, -0.1) is 0 Å². The second-order valence-corrected chi connectivity index (χ2v) is 7.78. The zero-order valence-electron chi connectivity index (χ0n) is 17.2. The van der Waals surface area contributed by atoms with Crippen LogP contribution in [-0.4, -0.2) is 10.1 Å². The molecule has 30 heavy (non-hydrogen) atoms. The van der Waals surface area contributed by atoms with E-state index in [9.17, 15) is 5.11 Å². The van der Waals surface area contributed by atoms with E-state index in [4.69, 9.17) is 11.6 Å². The molecule has 0 fully saturated rings. The molecule has 1 unspecified atom stereocenters. The molecule has 1 aromatic heterocycles. The maximum absolute atomic E-state index is 10.6. The molecule has 2 nitrogen and oxygen atoms in total. The number of rotatable bonds is 8. The average Bonchev–Trinajstić information content (AvgIpc) is 2.74. The van der Waals surface area contributed by atoms with Gasteiger partial charge in [0.05, 0.1) is 17.3 Å². The van der Waals surface area contributed by atoms with Crippen molar-refractivity contribution < 1.29 is 5.11 Å². The number of aromatic nitrogens is 1. The van der Waals surface area contributed by atoms with E-state index in [1.807, 2.05) is 79.7 Å². The highest BCUT2D eigenvalue weighted by Gasteiger charge is 2.09. The first kappa shape index (κ1) is 21.8. The zero-order valence-corrected chi connectivity index (χ0v) is 17.9. The number of hydrogen-bond acceptors (Lipinski definition) is 2. The summed E-state index contributed by atoms with van der Waals surface area (Å²) >= 11 is 6.08. The third-order valence-electron chi connectivity index (χ3n) is 4.97. The van der Waals surface area contributed by atoms with E-state index in [0.717, 1.165) is 45.3 Å². The van der Waals surface area contributed by atoms with Crippen molar-refractivity contribution in [2.75, 3.05) is 0 Å². The van der Waals surface area contributed by atoms with Crippen LogP contribution < -0.4 is 0 Å². The molecule has 0 aliphatic heterocycles. The summed E-state index contributed by atoms with van der Waals surface area (Å²) in [4.78, 5) is 4.65. The third kappa shape index (κ3) is 5.79. The molecule has 2 aromatic carbocycles. The van der Waals surface area contributed by atoms with Crippen molar-refractivity contribution in [3.8, 4) is 0 Å². The van der Waals surface area contributed by atoms with Gasteiger partial charge in [-0.25, -0.2) is 4.98 Å². The maximum Gasteiger partial charge on any atom is 0.0793 e. The van der Waals surface area contributed by atoms with E-state index in [-0.39, 0.29) is 0 Å². The number of aliphatic hydroxyl groups excluding tert-OH is 1. The number of pyridine rings is 1. The smallest absolute Gasteiger partial charge is 0.0793 e. The van der Waals surface area contributed by atoms with Crippen LogP contribution in [-0.2, 0) is 0 Å². The molecule has 0 spiro atoms. The van der Waals surface area contributed by atoms with E-state index in [1.54, 1.807) is 6.08 Å². The molecule has 3 aromatic rings. The first-order valence-corrected chi connectivity index (χ1v) is 10.3. The van der Waals surface area contributed by atoms with Crippen LogP contribution in [0.1, 0.15) is 42.7 Å². The van der Waals surface area contributed by atoms with Crippen molar-refractivity contribution in [3.63, 3.8) is 0 Å². The maximum atomic E-state index is 10.6. The van der Waals surface area contributed by atoms with Crippen molar-refractivity contribution in [2.24, 2.45) is 0 Å². The highest BCUT2D eigenvalue weighted by Crippen LogP contribution is 2.25. The van der Waals surface area contributed by atoms with Crippen LogP contribution in [0, 0.1) is 0 Å². The van der Waals surface area contributed by atoms with E-state index >= 15 is 0 Å². The van der Waals surface area contributed by atoms with Crippen LogP contribution in [0.15, 0.2) is 91.1 Å². The van der Waals surface area contributed by atoms with Gasteiger partial charge in [-0.05, 0) is 66.8 Å². The van der Waals surface area contributed by atoms with Gasteiger partial charge in [0.2, 0.25) is 0 Å². The molecule has 1 heterocycles. The fraction of sp³-hybridized carbons (Fsp3) is 0.148. The van der Waals surface area contributed by atoms with Crippen molar-refractivity contribution >= 4 is 34.7 Å². The molecular formula is C27H26ClNO. The highest BCUT2D eigenvalue weighted by atomic mass is 35.5. The third-order valence-corrected chi connectivity index (χ3v) is 5.21. The number of allylic oxidation sites excluding steroid dienone is 4. The molecule has 0 saturated carbocycles. The van der Waals surface area contributed by atoms with Gasteiger partial charge in [0.15, 0.2) is 0 Å². The number of fused-ring (bicyclic) bond motifs is 1. The average molecular weight is 416 g/mol. The van der Waals surface area contributed by atoms with Crippen LogP contribution in [0.2, 0.25) is 5.02 Å². The van der Waals surface area contributed by atoms with Gasteiger partial charge in [0.1, 0.15) is 0 Å². The Kier molecular flexibility index (Phi) is 7.40. The topological polar surface area (TPSA) is 33.1 Å². The largest absolute Gasteiger partial charge is 0.388 e. The predicted octanol–water partition coefficient (Wildman–Crippen LogP) is 7.56. The minimum Gasteiger partial charge on any atom is -0.388 e. The van der Waals surface area contributed by atoms with E-state index in [0.29, 0.717) is 11.4 Å². The standard InChI is InChI=1S/C27H26ClNO/c1-4-6-21(19(2)3)12-16-27(30)23-8-5-7-20(17-23)9-14-25-15-11-22-10-13-24(28)18-26(22)29-25/h4-11,13-15,17-18,27,30H,1-2,12,16H2,3H3/b14-9+,21-6-. The Morgan fingerprint density at radius 3 is 2.70 bits per heavy atom. The van der Waals surface area contributed by atoms with Crippen LogP contribution in [0.5, 0.6) is 0 Å². The second kappa shape index (κ2) is 10.2. The Hall–Kier alpha value is -2.94. The molecule has 3 rings (SSSR count). The molecule has 0 amide bonds. The number of benzene rings is 2. The van der Waals surface area contributed by atoms with Crippen LogP contribution in [0.3, 0.4) is 0 Å². The monoisotopic (exact) mass is 415 g/mol. The number of hydrogen-bond donors (Lipinski definition) is 1. The normalized spacial score (nSPS) is 13.0. The molecule has 152 valence electrons. The van der Waals surface area contributed by atoms with Gasteiger partial charge >= 0.3 is 0 Å². The molecule has 0 saturated heterocycles. The predicted molar refractivity (Wildman–Crippen MR) is 129 cm³/mol. The molecule has 0 aliphatic rings. The molecule has 1 N–H and O–H groups in total. The summed E-state index contributed by atoms with van der Waals surface area (Å²) in [5.74, 6) is 0. The van der Waals surface area contributed by atoms with Gasteiger partial charge in [-0.2, -0.15) is 0 Å². The lowest BCUT2D eigenvalue weighted by Crippen LogP contribution is -1.99. The lowest BCUT2D eigenvalue weighted by Gasteiger charge is -2.13. The Bertz CT molecular complexity index is 1130. The number of aliphatic hydroxyl groups is 1. The van der Waals surface area contributed by atoms with Gasteiger partial charge in [-0.1, -0.05) is 78.9 Å². The fourth-order valence-corrected chi connectivity index (χ4v) is 3.46. The number of nitrogens with zero attached hydrogens (tertiary/aromatic N) is 1. The summed E-state index contributed by atoms with van der Waals surface area (Å²) in [6, 6.07) is 17.7. The molecule has 1 atom stereocenters. The van der Waals surface area contributed by atoms with E-state index < -0.39 is 6.10 Å². The second-order valence-electron chi connectivity index (χ2n) is 7.34. The molecular weight excluding hydrogens is 390 g/mol. The summed E-state index contributed by atoms with van der Waals surface area (Å²) < 4.78 is 0. The van der Waals surface area contributed by atoms with Crippen molar-refractivity contribution in [1.82, 2.24) is 4.98 Å². The molecule has 0 radical (unpaired) electrons. The minimum absolute atomic E-state index is 0.535. The van der Waals surface area contributed by atoms with Crippen molar-refractivity contribution in [2.45, 2.75) is 25.9 Å². The molecule has 3 heteroatoms. The Morgan fingerprint density at radius 2 is 1.93 bits per heavy atom.